The van der Waals surface area contributed by atoms with Gasteiger partial charge in [0, 0.05) is 23.7 Å². The van der Waals surface area contributed by atoms with Crippen LogP contribution in [0.1, 0.15) is 6.42 Å². The average Bonchev–Trinajstić information content (AvgIpc) is 2.74. The van der Waals surface area contributed by atoms with Gasteiger partial charge in [0.25, 0.3) is 0 Å². The van der Waals surface area contributed by atoms with Gasteiger partial charge in [0.15, 0.2) is 5.17 Å². The van der Waals surface area contributed by atoms with Crippen LogP contribution in [0.4, 0.5) is 0 Å². The minimum atomic E-state index is 0.0794. The highest BCUT2D eigenvalue weighted by molar-refractivity contribution is 8.14. The fourth-order valence-corrected chi connectivity index (χ4v) is 3.73. The summed E-state index contributed by atoms with van der Waals surface area (Å²) in [6.07, 6.45) is 0.907. The van der Waals surface area contributed by atoms with Crippen molar-refractivity contribution in [2.45, 2.75) is 16.0 Å². The van der Waals surface area contributed by atoms with Crippen molar-refractivity contribution in [2.75, 3.05) is 18.8 Å². The predicted octanol–water partition coefficient (Wildman–Crippen LogP) is 3.72. The van der Waals surface area contributed by atoms with E-state index in [1.807, 2.05) is 18.2 Å². The van der Waals surface area contributed by atoms with Crippen LogP contribution in [0.15, 0.2) is 35.2 Å². The minimum absolute atomic E-state index is 0.0794. The van der Waals surface area contributed by atoms with E-state index in [0.717, 1.165) is 25.3 Å². The Labute approximate surface area is 116 Å². The predicted molar refractivity (Wildman–Crippen MR) is 78.3 cm³/mol. The summed E-state index contributed by atoms with van der Waals surface area (Å²) < 4.78 is 0.0794. The van der Waals surface area contributed by atoms with Gasteiger partial charge in [-0.2, -0.15) is 0 Å². The Morgan fingerprint density at radius 2 is 2.18 bits per heavy atom. The zero-order valence-electron chi connectivity index (χ0n) is 9.43. The number of benzene rings is 1. The third kappa shape index (κ3) is 4.12. The molecule has 0 saturated carbocycles. The van der Waals surface area contributed by atoms with Crippen LogP contribution in [0, 0.1) is 5.41 Å². The van der Waals surface area contributed by atoms with E-state index in [1.54, 1.807) is 23.5 Å². The topological polar surface area (TPSA) is 27.1 Å². The van der Waals surface area contributed by atoms with Gasteiger partial charge in [-0.3, -0.25) is 5.41 Å². The van der Waals surface area contributed by atoms with Crippen LogP contribution >= 0.6 is 35.1 Å². The highest BCUT2D eigenvalue weighted by atomic mass is 35.5. The first-order valence-electron chi connectivity index (χ1n) is 5.58. The van der Waals surface area contributed by atoms with Crippen molar-refractivity contribution < 1.29 is 0 Å². The monoisotopic (exact) mass is 286 g/mol. The molecule has 1 heterocycles. The van der Waals surface area contributed by atoms with Gasteiger partial charge in [0.05, 0.1) is 4.71 Å². The number of nitrogens with zero attached hydrogens (tertiary/aromatic N) is 1. The number of thioether (sulfide) groups is 2. The lowest BCUT2D eigenvalue weighted by Crippen LogP contribution is -2.26. The summed E-state index contributed by atoms with van der Waals surface area (Å²) >= 11 is 9.61. The largest absolute Gasteiger partial charge is 0.351 e. The van der Waals surface area contributed by atoms with E-state index in [1.165, 1.54) is 4.90 Å². The van der Waals surface area contributed by atoms with Gasteiger partial charge in [-0.15, -0.1) is 23.4 Å². The van der Waals surface area contributed by atoms with Crippen LogP contribution in [-0.2, 0) is 0 Å². The Balaban J connectivity index is 1.74. The Morgan fingerprint density at radius 3 is 2.82 bits per heavy atom. The summed E-state index contributed by atoms with van der Waals surface area (Å²) in [5.41, 5.74) is 0. The van der Waals surface area contributed by atoms with Crippen molar-refractivity contribution in [3.8, 4) is 0 Å². The lowest BCUT2D eigenvalue weighted by Gasteiger charge is -2.18. The molecule has 1 aromatic rings. The van der Waals surface area contributed by atoms with Gasteiger partial charge in [0.1, 0.15) is 0 Å². The molecule has 1 aliphatic heterocycles. The first-order chi connectivity index (χ1) is 8.25. The van der Waals surface area contributed by atoms with E-state index in [4.69, 9.17) is 17.0 Å². The lowest BCUT2D eigenvalue weighted by atomic mass is 10.4. The molecule has 1 atom stereocenters. The summed E-state index contributed by atoms with van der Waals surface area (Å²) in [5.74, 6) is 1.04. The minimum Gasteiger partial charge on any atom is -0.351 e. The molecule has 5 heteroatoms. The summed E-state index contributed by atoms with van der Waals surface area (Å²) in [6.45, 7) is 1.88. The summed E-state index contributed by atoms with van der Waals surface area (Å²) in [4.78, 5) is 3.31. The highest BCUT2D eigenvalue weighted by Crippen LogP contribution is 2.28. The van der Waals surface area contributed by atoms with E-state index in [9.17, 15) is 0 Å². The van der Waals surface area contributed by atoms with E-state index in [0.29, 0.717) is 5.17 Å². The smallest absolute Gasteiger partial charge is 0.156 e. The molecule has 1 aromatic carbocycles. The van der Waals surface area contributed by atoms with Crippen LogP contribution in [0.3, 0.4) is 0 Å². The molecule has 2 nitrogen and oxygen atoms in total. The van der Waals surface area contributed by atoms with Crippen molar-refractivity contribution in [2.24, 2.45) is 0 Å². The molecule has 1 aliphatic rings. The van der Waals surface area contributed by atoms with Crippen molar-refractivity contribution in [1.29, 1.82) is 5.41 Å². The number of hydrogen-bond donors (Lipinski definition) is 1. The molecule has 0 spiro atoms. The normalized spacial score (nSPS) is 17.5. The second-order valence-corrected chi connectivity index (χ2v) is 6.92. The maximum atomic E-state index is 7.71. The van der Waals surface area contributed by atoms with Gasteiger partial charge in [0.2, 0.25) is 0 Å². The van der Waals surface area contributed by atoms with E-state index < -0.39 is 0 Å². The van der Waals surface area contributed by atoms with Crippen LogP contribution in [-0.4, -0.2) is 33.6 Å². The van der Waals surface area contributed by atoms with Crippen molar-refractivity contribution >= 4 is 40.3 Å². The first-order valence-corrected chi connectivity index (χ1v) is 7.88. The molecular weight excluding hydrogens is 272 g/mol. The molecule has 1 N–H and O–H groups in total. The standard InChI is InChI=1S/C12H15ClN2S2/c13-11(17-10-4-2-1-3-5-10)6-7-15-8-9-16-12(15)14/h1-5,11,14H,6-9H2. The Morgan fingerprint density at radius 1 is 1.41 bits per heavy atom. The molecule has 1 unspecified atom stereocenters. The molecule has 2 rings (SSSR count). The Kier molecular flexibility index (Phi) is 5.07. The third-order valence-electron chi connectivity index (χ3n) is 2.52. The second-order valence-electron chi connectivity index (χ2n) is 3.77. The number of hydrogen-bond acceptors (Lipinski definition) is 3. The van der Waals surface area contributed by atoms with E-state index in [-0.39, 0.29) is 4.71 Å². The van der Waals surface area contributed by atoms with E-state index in [2.05, 4.69) is 17.0 Å². The molecule has 1 saturated heterocycles. The van der Waals surface area contributed by atoms with Crippen molar-refractivity contribution in [3.05, 3.63) is 30.3 Å². The number of amidine groups is 1. The summed E-state index contributed by atoms with van der Waals surface area (Å²) in [6, 6.07) is 10.2. The first kappa shape index (κ1) is 13.1. The maximum Gasteiger partial charge on any atom is 0.156 e. The molecule has 92 valence electrons. The quantitative estimate of drug-likeness (QED) is 0.660. The second kappa shape index (κ2) is 6.57. The summed E-state index contributed by atoms with van der Waals surface area (Å²) in [5, 5.41) is 8.40. The SMILES string of the molecule is N=C1SCCN1CCC(Cl)Sc1ccccc1. The fraction of sp³-hybridized carbons (Fsp3) is 0.417. The lowest BCUT2D eigenvalue weighted by molar-refractivity contribution is 0.456. The number of rotatable bonds is 5. The zero-order chi connectivity index (χ0) is 12.1. The van der Waals surface area contributed by atoms with Crippen LogP contribution < -0.4 is 0 Å². The molecule has 0 aliphatic carbocycles. The van der Waals surface area contributed by atoms with Crippen molar-refractivity contribution in [3.63, 3.8) is 0 Å². The van der Waals surface area contributed by atoms with Crippen LogP contribution in [0.25, 0.3) is 0 Å². The number of alkyl halides is 1. The number of halogens is 1. The zero-order valence-corrected chi connectivity index (χ0v) is 11.8. The van der Waals surface area contributed by atoms with Crippen LogP contribution in [0.5, 0.6) is 0 Å². The van der Waals surface area contributed by atoms with Gasteiger partial charge < -0.3 is 4.90 Å². The number of nitrogens with one attached hydrogen (secondary N) is 1. The van der Waals surface area contributed by atoms with Gasteiger partial charge in [-0.25, -0.2) is 0 Å². The van der Waals surface area contributed by atoms with Crippen molar-refractivity contribution in [1.82, 2.24) is 4.90 Å². The third-order valence-corrected chi connectivity index (χ3v) is 4.96. The summed E-state index contributed by atoms with van der Waals surface area (Å²) in [7, 11) is 0. The molecule has 0 radical (unpaired) electrons. The average molecular weight is 287 g/mol. The molecule has 0 amide bonds. The highest BCUT2D eigenvalue weighted by Gasteiger charge is 2.18. The molecular formula is C12H15ClN2S2. The Bertz CT molecular complexity index is 372. The molecule has 0 aromatic heterocycles. The van der Waals surface area contributed by atoms with Gasteiger partial charge >= 0.3 is 0 Å². The molecule has 0 bridgehead atoms. The molecule has 1 fully saturated rings. The maximum absolute atomic E-state index is 7.71. The van der Waals surface area contributed by atoms with Gasteiger partial charge in [-0.05, 0) is 18.6 Å². The Hall–Kier alpha value is -0.320. The molecule has 17 heavy (non-hydrogen) atoms. The van der Waals surface area contributed by atoms with Gasteiger partial charge in [-0.1, -0.05) is 30.0 Å². The van der Waals surface area contributed by atoms with E-state index >= 15 is 0 Å². The van der Waals surface area contributed by atoms with Crippen LogP contribution in [0.2, 0.25) is 0 Å². The fourth-order valence-electron chi connectivity index (χ4n) is 1.62.